The third kappa shape index (κ3) is 3.13. The molecule has 0 atom stereocenters. The summed E-state index contributed by atoms with van der Waals surface area (Å²) in [5.74, 6) is -2.04. The molecule has 5 nitrogen and oxygen atoms in total. The lowest BCUT2D eigenvalue weighted by Crippen LogP contribution is -2.14. The molecule has 0 radical (unpaired) electrons. The van der Waals surface area contributed by atoms with E-state index in [9.17, 15) is 9.59 Å². The molecule has 0 heterocycles. The molecule has 0 unspecified atom stereocenters. The Morgan fingerprint density at radius 2 is 1.89 bits per heavy atom. The third-order valence-corrected chi connectivity index (χ3v) is 2.37. The van der Waals surface area contributed by atoms with Gasteiger partial charge in [0.1, 0.15) is 0 Å². The fourth-order valence-corrected chi connectivity index (χ4v) is 1.57. The third-order valence-electron chi connectivity index (χ3n) is 2.05. The van der Waals surface area contributed by atoms with Crippen molar-refractivity contribution < 1.29 is 24.2 Å². The highest BCUT2D eigenvalue weighted by molar-refractivity contribution is 6.45. The van der Waals surface area contributed by atoms with Crippen molar-refractivity contribution >= 4 is 23.4 Å². The van der Waals surface area contributed by atoms with E-state index in [1.165, 1.54) is 19.2 Å². The van der Waals surface area contributed by atoms with Crippen LogP contribution in [0.15, 0.2) is 12.1 Å². The molecule has 0 saturated carbocycles. The van der Waals surface area contributed by atoms with Crippen molar-refractivity contribution in [3.8, 4) is 11.5 Å². The SMILES string of the molecule is COc1cc(C(=O)C(=O)O)c(Cl)cc1OC(C)C. The second-order valence-electron chi connectivity index (χ2n) is 3.78. The van der Waals surface area contributed by atoms with E-state index < -0.39 is 11.8 Å². The van der Waals surface area contributed by atoms with Gasteiger partial charge in [-0.25, -0.2) is 4.79 Å². The Balaban J connectivity index is 3.26. The molecule has 0 saturated heterocycles. The quantitative estimate of drug-likeness (QED) is 0.658. The predicted molar refractivity (Wildman–Crippen MR) is 65.7 cm³/mol. The summed E-state index contributed by atoms with van der Waals surface area (Å²) in [4.78, 5) is 22.0. The fraction of sp³-hybridized carbons (Fsp3) is 0.333. The largest absolute Gasteiger partial charge is 0.493 e. The lowest BCUT2D eigenvalue weighted by atomic mass is 10.1. The molecular weight excluding hydrogens is 260 g/mol. The van der Waals surface area contributed by atoms with E-state index in [0.717, 1.165) is 0 Å². The van der Waals surface area contributed by atoms with Crippen LogP contribution in [-0.4, -0.2) is 30.1 Å². The van der Waals surface area contributed by atoms with Gasteiger partial charge in [0.15, 0.2) is 11.5 Å². The van der Waals surface area contributed by atoms with E-state index in [4.69, 9.17) is 26.2 Å². The smallest absolute Gasteiger partial charge is 0.377 e. The van der Waals surface area contributed by atoms with Crippen molar-refractivity contribution in [1.82, 2.24) is 0 Å². The number of methoxy groups -OCH3 is 1. The molecule has 0 aromatic heterocycles. The molecule has 1 rings (SSSR count). The summed E-state index contributed by atoms with van der Waals surface area (Å²) < 4.78 is 10.5. The van der Waals surface area contributed by atoms with Gasteiger partial charge < -0.3 is 14.6 Å². The van der Waals surface area contributed by atoms with E-state index in [2.05, 4.69) is 0 Å². The van der Waals surface area contributed by atoms with Crippen LogP contribution in [0.25, 0.3) is 0 Å². The molecular formula is C12H13ClO5. The van der Waals surface area contributed by atoms with Gasteiger partial charge in [0.05, 0.1) is 23.8 Å². The van der Waals surface area contributed by atoms with Crippen LogP contribution in [0.2, 0.25) is 5.02 Å². The zero-order valence-corrected chi connectivity index (χ0v) is 10.9. The Labute approximate surface area is 109 Å². The average molecular weight is 273 g/mol. The summed E-state index contributed by atoms with van der Waals surface area (Å²) in [5, 5.41) is 8.67. The molecule has 98 valence electrons. The van der Waals surface area contributed by atoms with Crippen LogP contribution in [0.4, 0.5) is 0 Å². The first kappa shape index (κ1) is 14.3. The van der Waals surface area contributed by atoms with E-state index in [1.54, 1.807) is 0 Å². The molecule has 6 heteroatoms. The minimum absolute atomic E-state index is 0.0128. The Kier molecular flexibility index (Phi) is 4.55. The van der Waals surface area contributed by atoms with Crippen molar-refractivity contribution in [2.24, 2.45) is 0 Å². The van der Waals surface area contributed by atoms with Crippen LogP contribution >= 0.6 is 11.6 Å². The van der Waals surface area contributed by atoms with Crippen LogP contribution in [-0.2, 0) is 4.79 Å². The lowest BCUT2D eigenvalue weighted by Gasteiger charge is -2.14. The van der Waals surface area contributed by atoms with Gasteiger partial charge in [-0.3, -0.25) is 4.79 Å². The van der Waals surface area contributed by atoms with Crippen LogP contribution in [0, 0.1) is 0 Å². The van der Waals surface area contributed by atoms with Crippen LogP contribution in [0.1, 0.15) is 24.2 Å². The number of carbonyl (C=O) groups is 2. The van der Waals surface area contributed by atoms with Crippen LogP contribution in [0.5, 0.6) is 11.5 Å². The van der Waals surface area contributed by atoms with Crippen LogP contribution < -0.4 is 9.47 Å². The summed E-state index contributed by atoms with van der Waals surface area (Å²) in [6.07, 6.45) is -0.101. The highest BCUT2D eigenvalue weighted by atomic mass is 35.5. The summed E-state index contributed by atoms with van der Waals surface area (Å²) >= 11 is 5.86. The molecule has 1 aromatic rings. The van der Waals surface area contributed by atoms with Crippen molar-refractivity contribution in [1.29, 1.82) is 0 Å². The van der Waals surface area contributed by atoms with E-state index in [-0.39, 0.29) is 22.4 Å². The molecule has 0 spiro atoms. The van der Waals surface area contributed by atoms with Gasteiger partial charge in [-0.15, -0.1) is 0 Å². The Hall–Kier alpha value is -1.75. The zero-order valence-electron chi connectivity index (χ0n) is 10.2. The molecule has 0 bridgehead atoms. The second-order valence-corrected chi connectivity index (χ2v) is 4.19. The Morgan fingerprint density at radius 3 is 2.33 bits per heavy atom. The van der Waals surface area contributed by atoms with Gasteiger partial charge in [0.25, 0.3) is 5.78 Å². The van der Waals surface area contributed by atoms with E-state index in [0.29, 0.717) is 5.75 Å². The number of hydrogen-bond donors (Lipinski definition) is 1. The minimum Gasteiger partial charge on any atom is -0.493 e. The monoisotopic (exact) mass is 272 g/mol. The fourth-order valence-electron chi connectivity index (χ4n) is 1.33. The Bertz CT molecular complexity index is 482. The number of ether oxygens (including phenoxy) is 2. The first-order valence-corrected chi connectivity index (χ1v) is 5.56. The number of carbonyl (C=O) groups excluding carboxylic acids is 1. The number of halogens is 1. The molecule has 0 aliphatic carbocycles. The molecule has 1 N–H and O–H groups in total. The predicted octanol–water partition coefficient (Wildman–Crippen LogP) is 2.40. The number of carboxylic acid groups (broad SMARTS) is 1. The molecule has 1 aromatic carbocycles. The van der Waals surface area contributed by atoms with Crippen LogP contribution in [0.3, 0.4) is 0 Å². The average Bonchev–Trinajstić information content (AvgIpc) is 2.27. The Morgan fingerprint density at radius 1 is 1.28 bits per heavy atom. The number of aliphatic carboxylic acids is 1. The van der Waals surface area contributed by atoms with Gasteiger partial charge in [-0.05, 0) is 19.9 Å². The molecule has 0 aliphatic rings. The first-order chi connectivity index (χ1) is 8.36. The summed E-state index contributed by atoms with van der Waals surface area (Å²) in [5.41, 5.74) is -0.128. The van der Waals surface area contributed by atoms with Crippen molar-refractivity contribution in [3.63, 3.8) is 0 Å². The summed E-state index contributed by atoms with van der Waals surface area (Å²) in [6.45, 7) is 3.65. The van der Waals surface area contributed by atoms with Gasteiger partial charge in [-0.2, -0.15) is 0 Å². The number of hydrogen-bond acceptors (Lipinski definition) is 4. The highest BCUT2D eigenvalue weighted by Crippen LogP contribution is 2.34. The van der Waals surface area contributed by atoms with Gasteiger partial charge in [0, 0.05) is 6.07 Å². The van der Waals surface area contributed by atoms with E-state index in [1.807, 2.05) is 13.8 Å². The molecule has 0 aliphatic heterocycles. The molecule has 18 heavy (non-hydrogen) atoms. The minimum atomic E-state index is -1.57. The van der Waals surface area contributed by atoms with Gasteiger partial charge >= 0.3 is 5.97 Å². The number of rotatable bonds is 5. The van der Waals surface area contributed by atoms with Crippen molar-refractivity contribution in [3.05, 3.63) is 22.7 Å². The van der Waals surface area contributed by atoms with Crippen molar-refractivity contribution in [2.75, 3.05) is 7.11 Å². The number of benzene rings is 1. The maximum Gasteiger partial charge on any atom is 0.377 e. The van der Waals surface area contributed by atoms with E-state index >= 15 is 0 Å². The van der Waals surface area contributed by atoms with Gasteiger partial charge in [-0.1, -0.05) is 11.6 Å². The summed E-state index contributed by atoms with van der Waals surface area (Å²) in [7, 11) is 1.39. The number of ketones is 1. The summed E-state index contributed by atoms with van der Waals surface area (Å²) in [6, 6.07) is 2.63. The maximum absolute atomic E-state index is 11.4. The van der Waals surface area contributed by atoms with Crippen molar-refractivity contribution in [2.45, 2.75) is 20.0 Å². The lowest BCUT2D eigenvalue weighted by molar-refractivity contribution is -0.131. The maximum atomic E-state index is 11.4. The standard InChI is InChI=1S/C12H13ClO5/c1-6(2)18-10-5-8(13)7(4-9(10)17-3)11(14)12(15)16/h4-6H,1-3H3,(H,15,16). The number of Topliss-reactive ketones (excluding diaryl/α,β-unsaturated/α-hetero) is 1. The molecule has 0 amide bonds. The first-order valence-electron chi connectivity index (χ1n) is 5.18. The topological polar surface area (TPSA) is 72.8 Å². The normalized spacial score (nSPS) is 10.3. The highest BCUT2D eigenvalue weighted by Gasteiger charge is 2.21. The number of carboxylic acids is 1. The molecule has 0 fully saturated rings. The zero-order chi connectivity index (χ0) is 13.9. The second kappa shape index (κ2) is 5.73. The van der Waals surface area contributed by atoms with Gasteiger partial charge in [0.2, 0.25) is 0 Å².